The summed E-state index contributed by atoms with van der Waals surface area (Å²) in [4.78, 5) is 10.1. The number of rotatable bonds is 1. The Balaban J connectivity index is 2.59. The summed E-state index contributed by atoms with van der Waals surface area (Å²) in [6.07, 6.45) is 0. The number of hydrogen-bond donors (Lipinski definition) is 1. The van der Waals surface area contributed by atoms with E-state index in [4.69, 9.17) is 0 Å². The lowest BCUT2D eigenvalue weighted by Gasteiger charge is -1.89. The quantitative estimate of drug-likeness (QED) is 0.451. The largest absolute Gasteiger partial charge is 0.303 e. The first kappa shape index (κ1) is 7.79. The van der Waals surface area contributed by atoms with Gasteiger partial charge in [-0.1, -0.05) is 0 Å². The minimum Gasteiger partial charge on any atom is -0.258 e. The second kappa shape index (κ2) is 2.47. The number of aromatic nitrogens is 5. The van der Waals surface area contributed by atoms with Gasteiger partial charge in [0.25, 0.3) is 0 Å². The lowest BCUT2D eigenvalue weighted by atomic mass is 10.2. The third-order valence-electron chi connectivity index (χ3n) is 2.00. The highest BCUT2D eigenvalue weighted by Crippen LogP contribution is 2.28. The van der Waals surface area contributed by atoms with Gasteiger partial charge in [-0.25, -0.2) is 4.63 Å². The average molecular weight is 206 g/mol. The van der Waals surface area contributed by atoms with Gasteiger partial charge >= 0.3 is 5.69 Å². The number of hydrogen-bond acceptors (Lipinski definition) is 7. The summed E-state index contributed by atoms with van der Waals surface area (Å²) in [7, 11) is 0. The molecule has 74 valence electrons. The molecule has 0 spiro atoms. The van der Waals surface area contributed by atoms with Crippen LogP contribution in [0.1, 0.15) is 0 Å². The van der Waals surface area contributed by atoms with Gasteiger partial charge in [0.05, 0.1) is 4.92 Å². The van der Waals surface area contributed by atoms with Gasteiger partial charge in [-0.2, -0.15) is 15.4 Å². The first-order chi connectivity index (χ1) is 7.27. The molecule has 1 N–H and O–H groups in total. The molecule has 0 fully saturated rings. The zero-order valence-corrected chi connectivity index (χ0v) is 7.04. The van der Waals surface area contributed by atoms with Crippen molar-refractivity contribution in [1.82, 2.24) is 25.7 Å². The smallest absolute Gasteiger partial charge is 0.258 e. The van der Waals surface area contributed by atoms with Crippen molar-refractivity contribution in [1.29, 1.82) is 0 Å². The molecule has 0 bridgehead atoms. The average Bonchev–Trinajstić information content (AvgIpc) is 2.83. The molecule has 15 heavy (non-hydrogen) atoms. The Morgan fingerprint density at radius 2 is 2.07 bits per heavy atom. The van der Waals surface area contributed by atoms with Gasteiger partial charge in [-0.05, 0) is 10.3 Å². The maximum absolute atomic E-state index is 10.7. The molecule has 0 atom stereocenters. The first-order valence-electron chi connectivity index (χ1n) is 3.87. The van der Waals surface area contributed by atoms with Crippen molar-refractivity contribution < 1.29 is 9.55 Å². The van der Waals surface area contributed by atoms with Crippen molar-refractivity contribution in [3.63, 3.8) is 0 Å². The molecular weight excluding hydrogens is 204 g/mol. The fourth-order valence-corrected chi connectivity index (χ4v) is 1.36. The van der Waals surface area contributed by atoms with E-state index in [0.29, 0.717) is 11.0 Å². The van der Waals surface area contributed by atoms with Crippen molar-refractivity contribution >= 4 is 27.8 Å². The van der Waals surface area contributed by atoms with Gasteiger partial charge in [0.1, 0.15) is 11.0 Å². The summed E-state index contributed by atoms with van der Waals surface area (Å²) >= 11 is 0. The van der Waals surface area contributed by atoms with Gasteiger partial charge in [-0.3, -0.25) is 10.1 Å². The lowest BCUT2D eigenvalue weighted by Crippen LogP contribution is -1.90. The zero-order chi connectivity index (χ0) is 10.4. The molecule has 9 heteroatoms. The van der Waals surface area contributed by atoms with Crippen LogP contribution in [-0.2, 0) is 0 Å². The maximum Gasteiger partial charge on any atom is 0.303 e. The Labute approximate surface area is 80.2 Å². The van der Waals surface area contributed by atoms with Crippen LogP contribution in [0.3, 0.4) is 0 Å². The van der Waals surface area contributed by atoms with E-state index in [-0.39, 0.29) is 16.7 Å². The van der Waals surface area contributed by atoms with E-state index < -0.39 is 4.92 Å². The maximum atomic E-state index is 10.7. The Morgan fingerprint density at radius 1 is 1.27 bits per heavy atom. The first-order valence-corrected chi connectivity index (χ1v) is 3.87. The predicted octanol–water partition coefficient (Wildman–Crippen LogP) is 0.402. The van der Waals surface area contributed by atoms with Crippen molar-refractivity contribution in [2.24, 2.45) is 0 Å². The van der Waals surface area contributed by atoms with Gasteiger partial charge in [0, 0.05) is 6.07 Å². The van der Waals surface area contributed by atoms with Gasteiger partial charge < -0.3 is 0 Å². The summed E-state index contributed by atoms with van der Waals surface area (Å²) in [5, 5.41) is 27.6. The van der Waals surface area contributed by atoms with Crippen LogP contribution in [0.5, 0.6) is 0 Å². The molecule has 0 saturated heterocycles. The predicted molar refractivity (Wildman–Crippen MR) is 45.9 cm³/mol. The number of H-pyrrole nitrogens is 1. The Morgan fingerprint density at radius 3 is 2.87 bits per heavy atom. The molecular formula is C6H2N6O3. The number of aromatic amines is 1. The number of nitro groups is 1. The van der Waals surface area contributed by atoms with Crippen LogP contribution in [0.25, 0.3) is 22.1 Å². The standard InChI is InChI=1S/C6H2N6O3/c13-12(14)3-1-2-4(8-11-7-2)6-5(3)9-15-10-6/h1H,(H,7,8,11). The highest BCUT2D eigenvalue weighted by Gasteiger charge is 2.21. The molecule has 2 heterocycles. The summed E-state index contributed by atoms with van der Waals surface area (Å²) in [6, 6.07) is 1.27. The molecule has 9 nitrogen and oxygen atoms in total. The third kappa shape index (κ3) is 0.907. The van der Waals surface area contributed by atoms with E-state index in [1.165, 1.54) is 6.07 Å². The zero-order valence-electron chi connectivity index (χ0n) is 7.04. The molecule has 0 aliphatic rings. The number of benzene rings is 1. The van der Waals surface area contributed by atoms with E-state index in [1.807, 2.05) is 0 Å². The Hall–Kier alpha value is -2.58. The van der Waals surface area contributed by atoms with Crippen LogP contribution in [0.4, 0.5) is 5.69 Å². The minimum atomic E-state index is -0.569. The molecule has 3 rings (SSSR count). The molecule has 0 unspecified atom stereocenters. The van der Waals surface area contributed by atoms with E-state index in [1.54, 1.807) is 0 Å². The monoisotopic (exact) mass is 206 g/mol. The Kier molecular flexibility index (Phi) is 1.28. The second-order valence-corrected chi connectivity index (χ2v) is 2.81. The number of nitro benzene ring substituents is 1. The van der Waals surface area contributed by atoms with Crippen LogP contribution < -0.4 is 0 Å². The number of nitrogens with zero attached hydrogens (tertiary/aromatic N) is 5. The molecule has 0 saturated carbocycles. The minimum absolute atomic E-state index is 0.0707. The van der Waals surface area contributed by atoms with Gasteiger partial charge in [0.15, 0.2) is 5.52 Å². The van der Waals surface area contributed by atoms with Crippen LogP contribution in [0.2, 0.25) is 0 Å². The lowest BCUT2D eigenvalue weighted by molar-refractivity contribution is -0.383. The van der Waals surface area contributed by atoms with Crippen LogP contribution in [0, 0.1) is 10.1 Å². The second-order valence-electron chi connectivity index (χ2n) is 2.81. The van der Waals surface area contributed by atoms with Crippen LogP contribution in [-0.4, -0.2) is 30.6 Å². The van der Waals surface area contributed by atoms with Crippen LogP contribution in [0.15, 0.2) is 10.7 Å². The summed E-state index contributed by atoms with van der Waals surface area (Å²) < 4.78 is 4.45. The highest BCUT2D eigenvalue weighted by molar-refractivity contribution is 6.03. The molecule has 0 amide bonds. The number of non-ortho nitro benzene ring substituents is 1. The van der Waals surface area contributed by atoms with E-state index in [2.05, 4.69) is 30.4 Å². The van der Waals surface area contributed by atoms with Crippen molar-refractivity contribution in [2.75, 3.05) is 0 Å². The molecule has 1 aromatic carbocycles. The molecule has 2 aromatic heterocycles. The van der Waals surface area contributed by atoms with E-state index in [0.717, 1.165) is 0 Å². The van der Waals surface area contributed by atoms with E-state index >= 15 is 0 Å². The Bertz CT molecular complexity index is 670. The summed E-state index contributed by atoms with van der Waals surface area (Å²) in [6.45, 7) is 0. The molecule has 0 aliphatic heterocycles. The van der Waals surface area contributed by atoms with Crippen molar-refractivity contribution in [3.8, 4) is 0 Å². The molecule has 0 radical (unpaired) electrons. The van der Waals surface area contributed by atoms with E-state index in [9.17, 15) is 10.1 Å². The van der Waals surface area contributed by atoms with Crippen molar-refractivity contribution in [2.45, 2.75) is 0 Å². The highest BCUT2D eigenvalue weighted by atomic mass is 16.6. The fourth-order valence-electron chi connectivity index (χ4n) is 1.36. The summed E-state index contributed by atoms with van der Waals surface area (Å²) in [5.41, 5.74) is 0.851. The van der Waals surface area contributed by atoms with Gasteiger partial charge in [0.2, 0.25) is 5.52 Å². The number of nitrogens with one attached hydrogen (secondary N) is 1. The normalized spacial score (nSPS) is 11.2. The van der Waals surface area contributed by atoms with Gasteiger partial charge in [-0.15, -0.1) is 0 Å². The number of fused-ring (bicyclic) bond motifs is 3. The summed E-state index contributed by atoms with van der Waals surface area (Å²) in [5.74, 6) is 0. The van der Waals surface area contributed by atoms with Crippen molar-refractivity contribution in [3.05, 3.63) is 16.2 Å². The SMILES string of the molecule is O=[N+]([O-])c1cc2n[nH]nc2c2nonc12. The molecule has 3 aromatic rings. The topological polar surface area (TPSA) is 124 Å². The fraction of sp³-hybridized carbons (Fsp3) is 0. The molecule has 0 aliphatic carbocycles. The third-order valence-corrected chi connectivity index (χ3v) is 2.00. The van der Waals surface area contributed by atoms with Crippen LogP contribution >= 0.6 is 0 Å².